The van der Waals surface area contributed by atoms with Crippen LogP contribution >= 0.6 is 12.4 Å². The van der Waals surface area contributed by atoms with Gasteiger partial charge >= 0.3 is 0 Å². The van der Waals surface area contributed by atoms with Crippen LogP contribution in [-0.4, -0.2) is 42.6 Å². The van der Waals surface area contributed by atoms with E-state index in [-0.39, 0.29) is 12.4 Å². The van der Waals surface area contributed by atoms with Crippen molar-refractivity contribution >= 4 is 18.3 Å². The van der Waals surface area contributed by atoms with Crippen LogP contribution in [0, 0.1) is 0 Å². The first-order chi connectivity index (χ1) is 9.31. The van der Waals surface area contributed by atoms with Gasteiger partial charge in [0.25, 0.3) is 0 Å². The fraction of sp³-hybridized carbons (Fsp3) is 0.933. The van der Waals surface area contributed by atoms with Crippen LogP contribution in [0.25, 0.3) is 0 Å². The molecule has 2 saturated heterocycles. The molecular formula is C15H29ClN2O2. The molecule has 2 N–H and O–H groups in total. The van der Waals surface area contributed by atoms with Crippen LogP contribution in [0.2, 0.25) is 0 Å². The van der Waals surface area contributed by atoms with Crippen LogP contribution in [0.4, 0.5) is 0 Å². The van der Waals surface area contributed by atoms with Crippen molar-refractivity contribution in [3.63, 3.8) is 0 Å². The molecule has 2 fully saturated rings. The van der Waals surface area contributed by atoms with Crippen LogP contribution in [0.5, 0.6) is 0 Å². The number of hydrogen-bond acceptors (Lipinski definition) is 3. The molecule has 1 amide bonds. The summed E-state index contributed by atoms with van der Waals surface area (Å²) in [6.45, 7) is 2.48. The predicted molar refractivity (Wildman–Crippen MR) is 83.1 cm³/mol. The summed E-state index contributed by atoms with van der Waals surface area (Å²) in [7, 11) is 0. The maximum atomic E-state index is 12.4. The smallest absolute Gasteiger partial charge is 0.222 e. The molecule has 0 bridgehead atoms. The lowest BCUT2D eigenvalue weighted by Gasteiger charge is -2.36. The van der Waals surface area contributed by atoms with Gasteiger partial charge in [0.15, 0.2) is 0 Å². The Labute approximate surface area is 128 Å². The maximum absolute atomic E-state index is 12.4. The third kappa shape index (κ3) is 5.23. The minimum absolute atomic E-state index is 0. The van der Waals surface area contributed by atoms with Gasteiger partial charge in [-0.3, -0.25) is 4.79 Å². The van der Waals surface area contributed by atoms with E-state index in [9.17, 15) is 4.79 Å². The molecule has 0 aromatic carbocycles. The average molecular weight is 305 g/mol. The van der Waals surface area contributed by atoms with Crippen molar-refractivity contribution in [1.82, 2.24) is 4.90 Å². The van der Waals surface area contributed by atoms with E-state index in [2.05, 4.69) is 4.90 Å². The molecule has 2 aliphatic heterocycles. The van der Waals surface area contributed by atoms with Gasteiger partial charge in [0.2, 0.25) is 5.91 Å². The highest BCUT2D eigenvalue weighted by Gasteiger charge is 2.26. The zero-order valence-corrected chi connectivity index (χ0v) is 13.2. The first kappa shape index (κ1) is 17.7. The van der Waals surface area contributed by atoms with Gasteiger partial charge in [-0.1, -0.05) is 0 Å². The highest BCUT2D eigenvalue weighted by Crippen LogP contribution is 2.22. The molecule has 0 aromatic heterocycles. The van der Waals surface area contributed by atoms with Crippen molar-refractivity contribution in [3.8, 4) is 0 Å². The molecule has 0 aromatic rings. The maximum Gasteiger partial charge on any atom is 0.222 e. The van der Waals surface area contributed by atoms with Crippen LogP contribution in [0.15, 0.2) is 0 Å². The van der Waals surface area contributed by atoms with Crippen LogP contribution in [0.3, 0.4) is 0 Å². The molecule has 2 rings (SSSR count). The summed E-state index contributed by atoms with van der Waals surface area (Å²) in [5.41, 5.74) is 5.65. The summed E-state index contributed by atoms with van der Waals surface area (Å²) < 4.78 is 5.70. The fourth-order valence-corrected chi connectivity index (χ4v) is 3.28. The van der Waals surface area contributed by atoms with Crippen LogP contribution in [-0.2, 0) is 9.53 Å². The number of amides is 1. The average Bonchev–Trinajstić information content (AvgIpc) is 2.47. The Morgan fingerprint density at radius 1 is 1.15 bits per heavy atom. The minimum atomic E-state index is 0. The lowest BCUT2D eigenvalue weighted by atomic mass is 9.98. The highest BCUT2D eigenvalue weighted by atomic mass is 35.5. The number of ether oxygens (including phenoxy) is 1. The molecule has 2 atom stereocenters. The third-order valence-corrected chi connectivity index (χ3v) is 4.40. The molecule has 4 nitrogen and oxygen atoms in total. The van der Waals surface area contributed by atoms with Crippen LogP contribution < -0.4 is 5.73 Å². The monoisotopic (exact) mass is 304 g/mol. The second kappa shape index (κ2) is 9.59. The van der Waals surface area contributed by atoms with E-state index in [4.69, 9.17) is 10.5 Å². The van der Waals surface area contributed by atoms with Crippen molar-refractivity contribution in [2.75, 3.05) is 19.7 Å². The number of hydrogen-bond donors (Lipinski definition) is 1. The molecule has 20 heavy (non-hydrogen) atoms. The quantitative estimate of drug-likeness (QED) is 0.849. The van der Waals surface area contributed by atoms with E-state index in [0.717, 1.165) is 45.3 Å². The Morgan fingerprint density at radius 2 is 1.95 bits per heavy atom. The molecule has 0 radical (unpaired) electrons. The molecule has 0 spiro atoms. The first-order valence-corrected chi connectivity index (χ1v) is 7.92. The summed E-state index contributed by atoms with van der Waals surface area (Å²) in [6, 6.07) is 0.388. The summed E-state index contributed by atoms with van der Waals surface area (Å²) in [5.74, 6) is 0.312. The second-order valence-electron chi connectivity index (χ2n) is 5.84. The van der Waals surface area contributed by atoms with Crippen molar-refractivity contribution in [2.24, 2.45) is 5.73 Å². The van der Waals surface area contributed by atoms with Gasteiger partial charge < -0.3 is 15.4 Å². The number of likely N-dealkylation sites (tertiary alicyclic amines) is 1. The van der Waals surface area contributed by atoms with Gasteiger partial charge in [-0.15, -0.1) is 12.4 Å². The van der Waals surface area contributed by atoms with Gasteiger partial charge in [-0.2, -0.15) is 0 Å². The first-order valence-electron chi connectivity index (χ1n) is 7.92. The number of carbonyl (C=O) groups excluding carboxylic acids is 1. The molecule has 118 valence electrons. The number of halogens is 1. The largest absolute Gasteiger partial charge is 0.378 e. The second-order valence-corrected chi connectivity index (χ2v) is 5.84. The Balaban J connectivity index is 0.00000200. The lowest BCUT2D eigenvalue weighted by molar-refractivity contribution is -0.136. The minimum Gasteiger partial charge on any atom is -0.378 e. The molecule has 0 aliphatic carbocycles. The summed E-state index contributed by atoms with van der Waals surface area (Å²) in [5, 5.41) is 0. The lowest BCUT2D eigenvalue weighted by Crippen LogP contribution is -2.44. The van der Waals surface area contributed by atoms with E-state index in [0.29, 0.717) is 31.0 Å². The van der Waals surface area contributed by atoms with Crippen molar-refractivity contribution < 1.29 is 9.53 Å². The normalized spacial score (nSPS) is 26.9. The Kier molecular flexibility index (Phi) is 8.50. The molecule has 2 aliphatic rings. The number of carbonyl (C=O) groups is 1. The molecule has 0 saturated carbocycles. The van der Waals surface area contributed by atoms with Crippen molar-refractivity contribution in [3.05, 3.63) is 0 Å². The Hall–Kier alpha value is -0.320. The zero-order valence-electron chi connectivity index (χ0n) is 12.4. The Bertz CT molecular complexity index is 281. The van der Waals surface area contributed by atoms with Gasteiger partial charge in [0.05, 0.1) is 6.10 Å². The van der Waals surface area contributed by atoms with Crippen molar-refractivity contribution in [2.45, 2.75) is 69.9 Å². The van der Waals surface area contributed by atoms with Gasteiger partial charge in [0, 0.05) is 25.6 Å². The summed E-state index contributed by atoms with van der Waals surface area (Å²) >= 11 is 0. The van der Waals surface area contributed by atoms with E-state index in [1.807, 2.05) is 0 Å². The standard InChI is InChI=1S/C15H28N2O2.ClH/c16-10-9-13-5-1-3-11-17(13)15(18)8-7-14-6-2-4-12-19-14;/h13-14H,1-12,16H2;1H. The Morgan fingerprint density at radius 3 is 2.65 bits per heavy atom. The fourth-order valence-electron chi connectivity index (χ4n) is 3.28. The predicted octanol–water partition coefficient (Wildman–Crippen LogP) is 2.49. The summed E-state index contributed by atoms with van der Waals surface area (Å²) in [4.78, 5) is 14.4. The third-order valence-electron chi connectivity index (χ3n) is 4.40. The van der Waals surface area contributed by atoms with E-state index in [1.165, 1.54) is 19.3 Å². The number of nitrogens with zero attached hydrogens (tertiary/aromatic N) is 1. The summed E-state index contributed by atoms with van der Waals surface area (Å²) in [6.07, 6.45) is 9.86. The SMILES string of the molecule is Cl.NCCC1CCCCN1C(=O)CCC1CCCCO1. The number of piperidine rings is 1. The molecular weight excluding hydrogens is 276 g/mol. The van der Waals surface area contributed by atoms with E-state index < -0.39 is 0 Å². The zero-order chi connectivity index (χ0) is 13.5. The van der Waals surface area contributed by atoms with Crippen LogP contribution in [0.1, 0.15) is 57.8 Å². The van der Waals surface area contributed by atoms with Gasteiger partial charge in [-0.05, 0) is 57.9 Å². The molecule has 2 heterocycles. The molecule has 5 heteroatoms. The van der Waals surface area contributed by atoms with E-state index >= 15 is 0 Å². The molecule has 2 unspecified atom stereocenters. The van der Waals surface area contributed by atoms with Crippen molar-refractivity contribution in [1.29, 1.82) is 0 Å². The number of rotatable bonds is 5. The van der Waals surface area contributed by atoms with Gasteiger partial charge in [0.1, 0.15) is 0 Å². The topological polar surface area (TPSA) is 55.6 Å². The number of nitrogens with two attached hydrogens (primary N) is 1. The van der Waals surface area contributed by atoms with Gasteiger partial charge in [-0.25, -0.2) is 0 Å². The highest BCUT2D eigenvalue weighted by molar-refractivity contribution is 5.85. The van der Waals surface area contributed by atoms with E-state index in [1.54, 1.807) is 0 Å².